The molecule has 1 nitrogen and oxygen atoms in total. The van der Waals surface area contributed by atoms with Gasteiger partial charge in [0.2, 0.25) is 0 Å². The summed E-state index contributed by atoms with van der Waals surface area (Å²) < 4.78 is 12.8. The molecule has 0 amide bonds. The molecule has 0 spiro atoms. The van der Waals surface area contributed by atoms with E-state index >= 15 is 0 Å². The Morgan fingerprint density at radius 3 is 2.77 bits per heavy atom. The fourth-order valence-electron chi connectivity index (χ4n) is 1.82. The third-order valence-corrected chi connectivity index (χ3v) is 2.62. The van der Waals surface area contributed by atoms with Gasteiger partial charge in [-0.15, -0.1) is 0 Å². The van der Waals surface area contributed by atoms with Crippen molar-refractivity contribution in [1.29, 1.82) is 0 Å². The predicted octanol–water partition coefficient (Wildman–Crippen LogP) is 1.98. The number of nitrogens with one attached hydrogen (secondary N) is 1. The van der Waals surface area contributed by atoms with Crippen LogP contribution in [0.3, 0.4) is 0 Å². The fourth-order valence-corrected chi connectivity index (χ4v) is 1.82. The molecule has 1 aromatic rings. The maximum Gasteiger partial charge on any atom is 0.123 e. The van der Waals surface area contributed by atoms with E-state index in [1.54, 1.807) is 12.1 Å². The Morgan fingerprint density at radius 1 is 1.46 bits per heavy atom. The minimum atomic E-state index is -0.131. The van der Waals surface area contributed by atoms with Crippen molar-refractivity contribution in [3.8, 4) is 0 Å². The molecule has 2 rings (SSSR count). The highest BCUT2D eigenvalue weighted by Crippen LogP contribution is 2.26. The Morgan fingerprint density at radius 2 is 2.23 bits per heavy atom. The van der Waals surface area contributed by atoms with Gasteiger partial charge in [0.15, 0.2) is 0 Å². The first-order valence-corrected chi connectivity index (χ1v) is 4.63. The summed E-state index contributed by atoms with van der Waals surface area (Å²) in [6, 6.07) is 6.89. The highest BCUT2D eigenvalue weighted by molar-refractivity contribution is 5.18. The van der Waals surface area contributed by atoms with Crippen LogP contribution in [0.5, 0.6) is 0 Å². The highest BCUT2D eigenvalue weighted by Gasteiger charge is 2.31. The van der Waals surface area contributed by atoms with Gasteiger partial charge in [-0.2, -0.15) is 0 Å². The Kier molecular flexibility index (Phi) is 2.08. The van der Waals surface area contributed by atoms with Gasteiger partial charge in [-0.3, -0.25) is 0 Å². The van der Waals surface area contributed by atoms with Gasteiger partial charge in [-0.05, 0) is 29.5 Å². The zero-order chi connectivity index (χ0) is 9.31. The lowest BCUT2D eigenvalue weighted by Gasteiger charge is -2.39. The molecule has 0 aliphatic carbocycles. The molecule has 1 heterocycles. The fraction of sp³-hybridized carbons (Fsp3) is 0.455. The first-order valence-electron chi connectivity index (χ1n) is 4.63. The van der Waals surface area contributed by atoms with Crippen LogP contribution in [0.4, 0.5) is 4.39 Å². The maximum atomic E-state index is 12.8. The molecule has 0 atom stereocenters. The lowest BCUT2D eigenvalue weighted by molar-refractivity contribution is 0.195. The number of hydrogen-bond acceptors (Lipinski definition) is 1. The van der Waals surface area contributed by atoms with Gasteiger partial charge in [0.25, 0.3) is 0 Å². The Balaban J connectivity index is 2.09. The molecule has 70 valence electrons. The molecule has 0 radical (unpaired) electrons. The van der Waals surface area contributed by atoms with Crippen LogP contribution in [-0.4, -0.2) is 13.1 Å². The summed E-state index contributed by atoms with van der Waals surface area (Å²) in [6.07, 6.45) is 0.970. The lowest BCUT2D eigenvalue weighted by Crippen LogP contribution is -2.52. The molecule has 1 N–H and O–H groups in total. The summed E-state index contributed by atoms with van der Waals surface area (Å²) in [6.45, 7) is 4.32. The monoisotopic (exact) mass is 179 g/mol. The van der Waals surface area contributed by atoms with Gasteiger partial charge in [0.1, 0.15) is 5.82 Å². The van der Waals surface area contributed by atoms with E-state index in [0.717, 1.165) is 25.1 Å². The largest absolute Gasteiger partial charge is 0.316 e. The van der Waals surface area contributed by atoms with Crippen molar-refractivity contribution in [2.75, 3.05) is 13.1 Å². The van der Waals surface area contributed by atoms with Crippen LogP contribution in [0, 0.1) is 11.2 Å². The zero-order valence-corrected chi connectivity index (χ0v) is 7.81. The molecule has 2 heteroatoms. The first-order chi connectivity index (χ1) is 6.18. The lowest BCUT2D eigenvalue weighted by atomic mass is 9.78. The minimum absolute atomic E-state index is 0.131. The van der Waals surface area contributed by atoms with Crippen LogP contribution < -0.4 is 5.32 Å². The molecule has 1 aliphatic heterocycles. The second-order valence-corrected chi connectivity index (χ2v) is 4.22. The zero-order valence-electron chi connectivity index (χ0n) is 7.81. The van der Waals surface area contributed by atoms with Crippen molar-refractivity contribution in [3.63, 3.8) is 0 Å². The molecule has 0 aromatic heterocycles. The standard InChI is InChI=1S/C11H14FN/c1-11(7-13-8-11)6-9-3-2-4-10(12)5-9/h2-5,13H,6-8H2,1H3. The van der Waals surface area contributed by atoms with Crippen molar-refractivity contribution >= 4 is 0 Å². The first kappa shape index (κ1) is 8.70. The van der Waals surface area contributed by atoms with Crippen LogP contribution >= 0.6 is 0 Å². The molecule has 0 unspecified atom stereocenters. The van der Waals surface area contributed by atoms with E-state index in [1.807, 2.05) is 6.07 Å². The van der Waals surface area contributed by atoms with E-state index in [1.165, 1.54) is 6.07 Å². The van der Waals surface area contributed by atoms with E-state index in [9.17, 15) is 4.39 Å². The summed E-state index contributed by atoms with van der Waals surface area (Å²) in [5.74, 6) is -0.131. The van der Waals surface area contributed by atoms with Crippen molar-refractivity contribution in [2.24, 2.45) is 5.41 Å². The number of rotatable bonds is 2. The molecule has 13 heavy (non-hydrogen) atoms. The molecular formula is C11H14FN. The molecule has 1 saturated heterocycles. The van der Waals surface area contributed by atoms with Crippen molar-refractivity contribution in [3.05, 3.63) is 35.6 Å². The van der Waals surface area contributed by atoms with Gasteiger partial charge in [-0.1, -0.05) is 19.1 Å². The molecule has 0 bridgehead atoms. The summed E-state index contributed by atoms with van der Waals surface area (Å²) in [7, 11) is 0. The maximum absolute atomic E-state index is 12.8. The quantitative estimate of drug-likeness (QED) is 0.732. The number of benzene rings is 1. The van der Waals surface area contributed by atoms with Crippen LogP contribution in [-0.2, 0) is 6.42 Å². The molecule has 1 aliphatic rings. The summed E-state index contributed by atoms with van der Waals surface area (Å²) in [5.41, 5.74) is 1.44. The van der Waals surface area contributed by atoms with E-state index in [-0.39, 0.29) is 5.82 Å². The van der Waals surface area contributed by atoms with Gasteiger partial charge in [0.05, 0.1) is 0 Å². The Hall–Kier alpha value is -0.890. The third-order valence-electron chi connectivity index (χ3n) is 2.62. The van der Waals surface area contributed by atoms with E-state index in [4.69, 9.17) is 0 Å². The molecule has 1 aromatic carbocycles. The van der Waals surface area contributed by atoms with Gasteiger partial charge >= 0.3 is 0 Å². The topological polar surface area (TPSA) is 12.0 Å². The summed E-state index contributed by atoms with van der Waals surface area (Å²) >= 11 is 0. The highest BCUT2D eigenvalue weighted by atomic mass is 19.1. The van der Waals surface area contributed by atoms with E-state index in [2.05, 4.69) is 12.2 Å². The van der Waals surface area contributed by atoms with E-state index < -0.39 is 0 Å². The van der Waals surface area contributed by atoms with Crippen molar-refractivity contribution in [1.82, 2.24) is 5.32 Å². The normalized spacial score (nSPS) is 19.5. The van der Waals surface area contributed by atoms with Gasteiger partial charge in [0, 0.05) is 13.1 Å². The molecular weight excluding hydrogens is 165 g/mol. The predicted molar refractivity (Wildman–Crippen MR) is 51.1 cm³/mol. The Labute approximate surface area is 78.0 Å². The Bertz CT molecular complexity index is 305. The summed E-state index contributed by atoms with van der Waals surface area (Å²) in [4.78, 5) is 0. The smallest absolute Gasteiger partial charge is 0.123 e. The second kappa shape index (κ2) is 3.11. The minimum Gasteiger partial charge on any atom is -0.316 e. The van der Waals surface area contributed by atoms with E-state index in [0.29, 0.717) is 5.41 Å². The van der Waals surface area contributed by atoms with Crippen LogP contribution in [0.15, 0.2) is 24.3 Å². The van der Waals surface area contributed by atoms with Crippen LogP contribution in [0.25, 0.3) is 0 Å². The SMILES string of the molecule is CC1(Cc2cccc(F)c2)CNC1. The molecule has 1 fully saturated rings. The summed E-state index contributed by atoms with van der Waals surface area (Å²) in [5, 5.41) is 3.24. The van der Waals surface area contributed by atoms with Crippen molar-refractivity contribution < 1.29 is 4.39 Å². The van der Waals surface area contributed by atoms with Crippen molar-refractivity contribution in [2.45, 2.75) is 13.3 Å². The number of hydrogen-bond donors (Lipinski definition) is 1. The van der Waals surface area contributed by atoms with Gasteiger partial charge < -0.3 is 5.32 Å². The van der Waals surface area contributed by atoms with Gasteiger partial charge in [-0.25, -0.2) is 4.39 Å². The van der Waals surface area contributed by atoms with Crippen LogP contribution in [0.1, 0.15) is 12.5 Å². The third kappa shape index (κ3) is 1.89. The average Bonchev–Trinajstić information content (AvgIpc) is 2.01. The second-order valence-electron chi connectivity index (χ2n) is 4.22. The molecule has 0 saturated carbocycles. The van der Waals surface area contributed by atoms with Crippen LogP contribution in [0.2, 0.25) is 0 Å². The number of halogens is 1. The average molecular weight is 179 g/mol.